The number of halogens is 1. The van der Waals surface area contributed by atoms with Crippen molar-refractivity contribution >= 4 is 27.8 Å². The summed E-state index contributed by atoms with van der Waals surface area (Å²) in [7, 11) is 3.12. The van der Waals surface area contributed by atoms with E-state index in [4.69, 9.17) is 13.9 Å². The summed E-state index contributed by atoms with van der Waals surface area (Å²) in [5.41, 5.74) is 3.19. The lowest BCUT2D eigenvalue weighted by Crippen LogP contribution is -2.29. The van der Waals surface area contributed by atoms with Crippen molar-refractivity contribution in [3.8, 4) is 11.5 Å². The standard InChI is InChI=1S/C25H22FNO4/c1-29-22-8-5-9-23(30-2)24(22)19-13-18(26)25(28)27(19)14-15-10-11-21-17(12-15)16-6-3-4-7-20(16)31-21/h3-12,18-19H,13-14H2,1-2H3. The Bertz CT molecular complexity index is 1260. The largest absolute Gasteiger partial charge is 0.496 e. The van der Waals surface area contributed by atoms with Crippen molar-refractivity contribution in [2.24, 2.45) is 0 Å². The maximum Gasteiger partial charge on any atom is 0.258 e. The second-order valence-electron chi connectivity index (χ2n) is 7.69. The van der Waals surface area contributed by atoms with Gasteiger partial charge in [0.25, 0.3) is 5.91 Å². The van der Waals surface area contributed by atoms with Gasteiger partial charge in [0, 0.05) is 23.7 Å². The van der Waals surface area contributed by atoms with Gasteiger partial charge in [0.15, 0.2) is 6.17 Å². The van der Waals surface area contributed by atoms with Crippen LogP contribution in [0.2, 0.25) is 0 Å². The first-order valence-electron chi connectivity index (χ1n) is 10.2. The third kappa shape index (κ3) is 3.19. The number of carbonyl (C=O) groups excluding carboxylic acids is 1. The molecule has 5 nitrogen and oxygen atoms in total. The number of methoxy groups -OCH3 is 2. The van der Waals surface area contributed by atoms with Crippen LogP contribution in [0.1, 0.15) is 23.6 Å². The van der Waals surface area contributed by atoms with Gasteiger partial charge in [-0.2, -0.15) is 0 Å². The summed E-state index contributed by atoms with van der Waals surface area (Å²) in [6, 6.07) is 18.6. The molecule has 6 heteroatoms. The molecule has 2 heterocycles. The molecule has 1 amide bonds. The van der Waals surface area contributed by atoms with Gasteiger partial charge in [0.05, 0.1) is 25.8 Å². The first-order valence-corrected chi connectivity index (χ1v) is 10.2. The van der Waals surface area contributed by atoms with Gasteiger partial charge in [0.2, 0.25) is 0 Å². The van der Waals surface area contributed by atoms with Crippen LogP contribution in [-0.2, 0) is 11.3 Å². The molecule has 0 saturated carbocycles. The molecular formula is C25H22FNO4. The molecular weight excluding hydrogens is 397 g/mol. The summed E-state index contributed by atoms with van der Waals surface area (Å²) >= 11 is 0. The van der Waals surface area contributed by atoms with Crippen LogP contribution in [0.3, 0.4) is 0 Å². The number of amides is 1. The van der Waals surface area contributed by atoms with Crippen LogP contribution < -0.4 is 9.47 Å². The van der Waals surface area contributed by atoms with E-state index < -0.39 is 18.1 Å². The Morgan fingerprint density at radius 2 is 1.68 bits per heavy atom. The van der Waals surface area contributed by atoms with Crippen molar-refractivity contribution in [1.82, 2.24) is 4.90 Å². The Labute approximate surface area is 179 Å². The van der Waals surface area contributed by atoms with Gasteiger partial charge >= 0.3 is 0 Å². The van der Waals surface area contributed by atoms with Crippen LogP contribution in [0.15, 0.2) is 65.1 Å². The number of furan rings is 1. The van der Waals surface area contributed by atoms with E-state index >= 15 is 0 Å². The quantitative estimate of drug-likeness (QED) is 0.434. The number of likely N-dealkylation sites (tertiary alicyclic amines) is 1. The van der Waals surface area contributed by atoms with Crippen molar-refractivity contribution in [3.63, 3.8) is 0 Å². The third-order valence-electron chi connectivity index (χ3n) is 5.95. The molecule has 1 aromatic heterocycles. The van der Waals surface area contributed by atoms with Crippen molar-refractivity contribution in [3.05, 3.63) is 71.8 Å². The van der Waals surface area contributed by atoms with Crippen molar-refractivity contribution in [2.75, 3.05) is 14.2 Å². The number of alkyl halides is 1. The first-order chi connectivity index (χ1) is 15.1. The van der Waals surface area contributed by atoms with E-state index in [-0.39, 0.29) is 13.0 Å². The van der Waals surface area contributed by atoms with Gasteiger partial charge in [-0.05, 0) is 35.9 Å². The lowest BCUT2D eigenvalue weighted by Gasteiger charge is -2.27. The maximum absolute atomic E-state index is 14.6. The number of ether oxygens (including phenoxy) is 2. The van der Waals surface area contributed by atoms with Gasteiger partial charge in [-0.3, -0.25) is 4.79 Å². The number of fused-ring (bicyclic) bond motifs is 3. The predicted molar refractivity (Wildman–Crippen MR) is 116 cm³/mol. The zero-order valence-electron chi connectivity index (χ0n) is 17.3. The van der Waals surface area contributed by atoms with E-state index in [2.05, 4.69) is 0 Å². The summed E-state index contributed by atoms with van der Waals surface area (Å²) in [6.07, 6.45) is -1.50. The monoisotopic (exact) mass is 419 g/mol. The highest BCUT2D eigenvalue weighted by atomic mass is 19.1. The minimum atomic E-state index is -1.56. The number of nitrogens with zero attached hydrogens (tertiary/aromatic N) is 1. The predicted octanol–water partition coefficient (Wildman–Crippen LogP) is 5.41. The maximum atomic E-state index is 14.6. The Balaban J connectivity index is 1.56. The highest BCUT2D eigenvalue weighted by Gasteiger charge is 2.42. The molecule has 0 radical (unpaired) electrons. The van der Waals surface area contributed by atoms with Gasteiger partial charge < -0.3 is 18.8 Å². The molecule has 3 aromatic carbocycles. The molecule has 0 N–H and O–H groups in total. The van der Waals surface area contributed by atoms with Crippen LogP contribution in [0.4, 0.5) is 4.39 Å². The Morgan fingerprint density at radius 3 is 2.42 bits per heavy atom. The fourth-order valence-electron chi connectivity index (χ4n) is 4.50. The third-order valence-corrected chi connectivity index (χ3v) is 5.95. The Kier molecular flexibility index (Phi) is 4.77. The summed E-state index contributed by atoms with van der Waals surface area (Å²) in [5, 5.41) is 1.99. The zero-order chi connectivity index (χ0) is 21.5. The molecule has 158 valence electrons. The SMILES string of the molecule is COc1cccc(OC)c1C1CC(F)C(=O)N1Cc1ccc2oc3ccccc3c2c1. The number of rotatable bonds is 5. The molecule has 0 spiro atoms. The lowest BCUT2D eigenvalue weighted by molar-refractivity contribution is -0.133. The lowest BCUT2D eigenvalue weighted by atomic mass is 10.0. The van der Waals surface area contributed by atoms with Crippen LogP contribution in [-0.4, -0.2) is 31.2 Å². The van der Waals surface area contributed by atoms with E-state index in [1.165, 1.54) is 0 Å². The number of hydrogen-bond acceptors (Lipinski definition) is 4. The molecule has 31 heavy (non-hydrogen) atoms. The molecule has 2 unspecified atom stereocenters. The van der Waals surface area contributed by atoms with Gasteiger partial charge in [-0.25, -0.2) is 4.39 Å². The van der Waals surface area contributed by atoms with Gasteiger partial charge in [0.1, 0.15) is 22.7 Å². The molecule has 0 aliphatic carbocycles. The summed E-state index contributed by atoms with van der Waals surface area (Å²) in [6.45, 7) is 0.278. The minimum Gasteiger partial charge on any atom is -0.496 e. The number of para-hydroxylation sites is 1. The van der Waals surface area contributed by atoms with E-state index in [0.29, 0.717) is 17.1 Å². The van der Waals surface area contributed by atoms with E-state index in [9.17, 15) is 9.18 Å². The minimum absolute atomic E-state index is 0.0620. The highest BCUT2D eigenvalue weighted by molar-refractivity contribution is 6.05. The molecule has 0 bridgehead atoms. The molecule has 4 aromatic rings. The summed E-state index contributed by atoms with van der Waals surface area (Å²) in [4.78, 5) is 14.3. The Hall–Kier alpha value is -3.54. The average Bonchev–Trinajstić information content (AvgIpc) is 3.30. The Morgan fingerprint density at radius 1 is 0.968 bits per heavy atom. The van der Waals surface area contributed by atoms with Crippen LogP contribution >= 0.6 is 0 Å². The van der Waals surface area contributed by atoms with E-state index in [1.807, 2.05) is 48.5 Å². The summed E-state index contributed by atoms with van der Waals surface area (Å²) < 4.78 is 31.5. The fraction of sp³-hybridized carbons (Fsp3) is 0.240. The van der Waals surface area contributed by atoms with Gasteiger partial charge in [-0.1, -0.05) is 30.3 Å². The van der Waals surface area contributed by atoms with E-state index in [0.717, 1.165) is 27.5 Å². The summed E-state index contributed by atoms with van der Waals surface area (Å²) in [5.74, 6) is 0.634. The van der Waals surface area contributed by atoms with E-state index in [1.54, 1.807) is 31.3 Å². The second-order valence-corrected chi connectivity index (χ2v) is 7.69. The van der Waals surface area contributed by atoms with Crippen molar-refractivity contribution in [2.45, 2.75) is 25.2 Å². The molecule has 5 rings (SSSR count). The average molecular weight is 419 g/mol. The van der Waals surface area contributed by atoms with Crippen molar-refractivity contribution in [1.29, 1.82) is 0 Å². The smallest absolute Gasteiger partial charge is 0.258 e. The topological polar surface area (TPSA) is 51.9 Å². The number of carbonyl (C=O) groups is 1. The van der Waals surface area contributed by atoms with Crippen LogP contribution in [0, 0.1) is 0 Å². The zero-order valence-corrected chi connectivity index (χ0v) is 17.3. The highest BCUT2D eigenvalue weighted by Crippen LogP contribution is 2.44. The molecule has 1 aliphatic heterocycles. The van der Waals surface area contributed by atoms with Gasteiger partial charge in [-0.15, -0.1) is 0 Å². The van der Waals surface area contributed by atoms with Crippen LogP contribution in [0.25, 0.3) is 21.9 Å². The molecule has 1 aliphatic rings. The first kappa shape index (κ1) is 19.4. The van der Waals surface area contributed by atoms with Crippen LogP contribution in [0.5, 0.6) is 11.5 Å². The fourth-order valence-corrected chi connectivity index (χ4v) is 4.50. The number of benzene rings is 3. The molecule has 1 saturated heterocycles. The van der Waals surface area contributed by atoms with Crippen molar-refractivity contribution < 1.29 is 23.1 Å². The molecule has 2 atom stereocenters. The molecule has 1 fully saturated rings. The normalized spacial score (nSPS) is 18.8. The number of hydrogen-bond donors (Lipinski definition) is 0. The second kappa shape index (κ2) is 7.61.